The Hall–Kier alpha value is -0.740. The molecule has 0 aromatic carbocycles. The van der Waals surface area contributed by atoms with Crippen LogP contribution < -0.4 is 5.56 Å². The highest BCUT2D eigenvalue weighted by atomic mass is 32.2. The normalized spacial score (nSPS) is 27.8. The maximum Gasteiger partial charge on any atom is 0.262 e. The summed E-state index contributed by atoms with van der Waals surface area (Å²) in [5.74, 6) is 0.655. The van der Waals surface area contributed by atoms with Gasteiger partial charge in [-0.15, -0.1) is 0 Å². The average molecular weight is 267 g/mol. The van der Waals surface area contributed by atoms with Crippen molar-refractivity contribution in [2.24, 2.45) is 0 Å². The smallest absolute Gasteiger partial charge is 0.262 e. The summed E-state index contributed by atoms with van der Waals surface area (Å²) in [6.07, 6.45) is 10.2. The van der Waals surface area contributed by atoms with Crippen molar-refractivity contribution < 1.29 is 5.11 Å². The lowest BCUT2D eigenvalue weighted by Crippen LogP contribution is -2.39. The molecule has 2 saturated carbocycles. The van der Waals surface area contributed by atoms with Gasteiger partial charge in [-0.2, -0.15) is 0 Å². The van der Waals surface area contributed by atoms with Crippen LogP contribution in [0.3, 0.4) is 0 Å². The molecule has 0 spiro atoms. The quantitative estimate of drug-likeness (QED) is 0.823. The Morgan fingerprint density at radius 2 is 2.00 bits per heavy atom. The molecule has 0 saturated heterocycles. The number of nitrogens with zero attached hydrogens (tertiary/aromatic N) is 1. The molecule has 1 N–H and O–H groups in total. The van der Waals surface area contributed by atoms with E-state index in [9.17, 15) is 9.90 Å². The predicted molar refractivity (Wildman–Crippen MR) is 76.1 cm³/mol. The zero-order chi connectivity index (χ0) is 12.9. The van der Waals surface area contributed by atoms with Crippen LogP contribution in [0.1, 0.15) is 43.2 Å². The summed E-state index contributed by atoms with van der Waals surface area (Å²) in [4.78, 5) is 13.4. The molecular weight excluding hydrogens is 246 g/mol. The van der Waals surface area contributed by atoms with Gasteiger partial charge >= 0.3 is 0 Å². The molecule has 0 radical (unpaired) electrons. The summed E-state index contributed by atoms with van der Waals surface area (Å²) in [7, 11) is -0.381. The van der Waals surface area contributed by atoms with Gasteiger partial charge in [0.25, 0.3) is 5.56 Å². The third-order valence-corrected chi connectivity index (χ3v) is 5.42. The summed E-state index contributed by atoms with van der Waals surface area (Å²) in [5.41, 5.74) is 1.43. The minimum absolute atomic E-state index is 0.0184. The maximum absolute atomic E-state index is 12.5. The summed E-state index contributed by atoms with van der Waals surface area (Å²) < 4.78 is 1.82. The van der Waals surface area contributed by atoms with E-state index in [0.29, 0.717) is 5.92 Å². The molecule has 2 fully saturated rings. The zero-order valence-electron chi connectivity index (χ0n) is 11.0. The standard InChI is InChI=1S/C14H21NO2S/c1-18(2)13-7-10(9-3-4-9)8-15(14(13)17)11-5-6-12(11)16/h7-9,11-12,16,18H,3-6H2,1-2H3. The first-order chi connectivity index (χ1) is 8.58. The van der Waals surface area contributed by atoms with Crippen molar-refractivity contribution in [2.45, 2.75) is 48.6 Å². The van der Waals surface area contributed by atoms with Gasteiger partial charge < -0.3 is 9.67 Å². The van der Waals surface area contributed by atoms with Crippen LogP contribution in [0, 0.1) is 0 Å². The highest BCUT2D eigenvalue weighted by molar-refractivity contribution is 8.15. The molecule has 1 aromatic rings. The fourth-order valence-electron chi connectivity index (χ4n) is 2.60. The van der Waals surface area contributed by atoms with E-state index < -0.39 is 0 Å². The Bertz CT molecular complexity index is 519. The van der Waals surface area contributed by atoms with Crippen LogP contribution in [-0.2, 0) is 0 Å². The minimum Gasteiger partial charge on any atom is -0.391 e. The van der Waals surface area contributed by atoms with Gasteiger partial charge in [0.1, 0.15) is 0 Å². The fraction of sp³-hybridized carbons (Fsp3) is 0.643. The third kappa shape index (κ3) is 2.01. The van der Waals surface area contributed by atoms with Gasteiger partial charge in [-0.1, -0.05) is 0 Å². The van der Waals surface area contributed by atoms with Gasteiger partial charge in [-0.25, -0.2) is 10.9 Å². The van der Waals surface area contributed by atoms with Crippen LogP contribution in [0.5, 0.6) is 0 Å². The summed E-state index contributed by atoms with van der Waals surface area (Å²) in [5, 5.41) is 9.81. The Morgan fingerprint density at radius 3 is 2.44 bits per heavy atom. The number of thiol groups is 1. The first-order valence-electron chi connectivity index (χ1n) is 6.69. The van der Waals surface area contributed by atoms with Gasteiger partial charge in [0.2, 0.25) is 0 Å². The first kappa shape index (κ1) is 12.3. The summed E-state index contributed by atoms with van der Waals surface area (Å²) in [6, 6.07) is 2.14. The van der Waals surface area contributed by atoms with Crippen molar-refractivity contribution in [1.29, 1.82) is 0 Å². The molecule has 18 heavy (non-hydrogen) atoms. The molecule has 2 aliphatic carbocycles. The number of pyridine rings is 1. The van der Waals surface area contributed by atoms with Crippen LogP contribution in [0.25, 0.3) is 0 Å². The van der Waals surface area contributed by atoms with Gasteiger partial charge in [0.15, 0.2) is 0 Å². The van der Waals surface area contributed by atoms with Gasteiger partial charge in [-0.05, 0) is 55.7 Å². The van der Waals surface area contributed by atoms with Crippen molar-refractivity contribution in [1.82, 2.24) is 4.57 Å². The second-order valence-corrected chi connectivity index (χ2v) is 8.02. The van der Waals surface area contributed by atoms with Crippen molar-refractivity contribution in [3.63, 3.8) is 0 Å². The monoisotopic (exact) mass is 267 g/mol. The molecule has 2 unspecified atom stereocenters. The van der Waals surface area contributed by atoms with Crippen LogP contribution >= 0.6 is 10.9 Å². The summed E-state index contributed by atoms with van der Waals surface area (Å²) >= 11 is 0. The molecular formula is C14H21NO2S. The first-order valence-corrected chi connectivity index (χ1v) is 8.93. The van der Waals surface area contributed by atoms with Crippen molar-refractivity contribution in [2.75, 3.05) is 12.5 Å². The second kappa shape index (κ2) is 4.42. The highest BCUT2D eigenvalue weighted by Gasteiger charge is 2.33. The summed E-state index contributed by atoms with van der Waals surface area (Å²) in [6.45, 7) is 0. The van der Waals surface area contributed by atoms with Crippen LogP contribution in [0.4, 0.5) is 0 Å². The topological polar surface area (TPSA) is 42.2 Å². The largest absolute Gasteiger partial charge is 0.391 e. The number of aliphatic hydroxyl groups excluding tert-OH is 1. The molecule has 3 nitrogen and oxygen atoms in total. The third-order valence-electron chi connectivity index (χ3n) is 4.14. The van der Waals surface area contributed by atoms with E-state index >= 15 is 0 Å². The Balaban J connectivity index is 2.08. The molecule has 3 rings (SSSR count). The molecule has 0 bridgehead atoms. The molecule has 1 heterocycles. The average Bonchev–Trinajstić information content (AvgIpc) is 3.13. The number of aliphatic hydroxyl groups is 1. The molecule has 2 aliphatic rings. The van der Waals surface area contributed by atoms with Crippen LogP contribution in [0.15, 0.2) is 22.0 Å². The number of rotatable bonds is 3. The lowest BCUT2D eigenvalue weighted by Gasteiger charge is -2.34. The number of aromatic nitrogens is 1. The van der Waals surface area contributed by atoms with Crippen LogP contribution in [-0.4, -0.2) is 28.3 Å². The van der Waals surface area contributed by atoms with E-state index in [4.69, 9.17) is 0 Å². The van der Waals surface area contributed by atoms with Crippen molar-refractivity contribution >= 4 is 10.9 Å². The maximum atomic E-state index is 12.5. The van der Waals surface area contributed by atoms with Gasteiger partial charge in [0.05, 0.1) is 17.0 Å². The Morgan fingerprint density at radius 1 is 1.28 bits per heavy atom. The van der Waals surface area contributed by atoms with Gasteiger partial charge in [-0.3, -0.25) is 4.79 Å². The van der Waals surface area contributed by atoms with Gasteiger partial charge in [0, 0.05) is 6.20 Å². The lowest BCUT2D eigenvalue weighted by molar-refractivity contribution is 0.0293. The predicted octanol–water partition coefficient (Wildman–Crippen LogP) is 2.04. The molecule has 0 aliphatic heterocycles. The molecule has 2 atom stereocenters. The van der Waals surface area contributed by atoms with E-state index in [1.807, 2.05) is 10.8 Å². The molecule has 100 valence electrons. The molecule has 4 heteroatoms. The minimum atomic E-state index is -0.381. The van der Waals surface area contributed by atoms with E-state index in [-0.39, 0.29) is 28.6 Å². The van der Waals surface area contributed by atoms with E-state index in [1.165, 1.54) is 18.4 Å². The molecule has 0 amide bonds. The SMILES string of the molecule is C[SH](C)c1cc(C2CC2)cn(C2CCC2O)c1=O. The molecule has 1 aromatic heterocycles. The van der Waals surface area contributed by atoms with Crippen molar-refractivity contribution in [3.05, 3.63) is 28.2 Å². The van der Waals surface area contributed by atoms with E-state index in [0.717, 1.165) is 17.7 Å². The number of hydrogen-bond acceptors (Lipinski definition) is 2. The van der Waals surface area contributed by atoms with E-state index in [1.54, 1.807) is 0 Å². The second-order valence-electron chi connectivity index (χ2n) is 5.75. The highest BCUT2D eigenvalue weighted by Crippen LogP contribution is 2.42. The van der Waals surface area contributed by atoms with Crippen LogP contribution in [0.2, 0.25) is 0 Å². The lowest BCUT2D eigenvalue weighted by atomic mass is 9.89. The zero-order valence-corrected chi connectivity index (χ0v) is 11.9. The Kier molecular flexibility index (Phi) is 3.02. The Labute approximate surface area is 110 Å². The number of hydrogen-bond donors (Lipinski definition) is 2. The van der Waals surface area contributed by atoms with Crippen molar-refractivity contribution in [3.8, 4) is 0 Å². The fourth-order valence-corrected chi connectivity index (χ4v) is 3.51. The van der Waals surface area contributed by atoms with E-state index in [2.05, 4.69) is 18.6 Å².